The molecule has 0 saturated carbocycles. The van der Waals surface area contributed by atoms with Crippen LogP contribution in [-0.2, 0) is 6.42 Å². The number of halogens is 1. The second-order valence-corrected chi connectivity index (χ2v) is 5.68. The third kappa shape index (κ3) is 3.74. The Hall–Kier alpha value is -1.48. The number of carbonyl (C=O) groups is 1. The maximum absolute atomic E-state index is 12.2. The molecule has 0 radical (unpaired) electrons. The van der Waals surface area contributed by atoms with E-state index in [9.17, 15) is 4.79 Å². The van der Waals surface area contributed by atoms with Gasteiger partial charge in [0.25, 0.3) is 0 Å². The minimum atomic E-state index is 0.115. The number of nitrogens with zero attached hydrogens (tertiary/aromatic N) is 1. The van der Waals surface area contributed by atoms with Crippen LogP contribution in [0.4, 0.5) is 0 Å². The van der Waals surface area contributed by atoms with Crippen LogP contribution in [-0.4, -0.2) is 10.8 Å². The summed E-state index contributed by atoms with van der Waals surface area (Å²) < 4.78 is 0.689. The summed E-state index contributed by atoms with van der Waals surface area (Å²) in [6.07, 6.45) is 2.07. The fraction of sp³-hybridized carbons (Fsp3) is 0.250. The van der Waals surface area contributed by atoms with Gasteiger partial charge in [-0.1, -0.05) is 38.1 Å². The van der Waals surface area contributed by atoms with Gasteiger partial charge in [-0.15, -0.1) is 0 Å². The molecule has 0 bridgehead atoms. The minimum absolute atomic E-state index is 0.115. The summed E-state index contributed by atoms with van der Waals surface area (Å²) in [5.74, 6) is 0.592. The molecule has 0 amide bonds. The van der Waals surface area contributed by atoms with Crippen LogP contribution in [0.2, 0.25) is 0 Å². The second kappa shape index (κ2) is 6.11. The zero-order chi connectivity index (χ0) is 13.8. The van der Waals surface area contributed by atoms with E-state index in [2.05, 4.69) is 46.9 Å². The van der Waals surface area contributed by atoms with Gasteiger partial charge < -0.3 is 0 Å². The zero-order valence-electron chi connectivity index (χ0n) is 11.1. The lowest BCUT2D eigenvalue weighted by Crippen LogP contribution is -2.04. The number of benzene rings is 1. The van der Waals surface area contributed by atoms with E-state index in [0.717, 1.165) is 5.56 Å². The van der Waals surface area contributed by atoms with Crippen molar-refractivity contribution >= 4 is 21.7 Å². The predicted molar refractivity (Wildman–Crippen MR) is 80.5 cm³/mol. The van der Waals surface area contributed by atoms with E-state index in [1.165, 1.54) is 5.56 Å². The summed E-state index contributed by atoms with van der Waals surface area (Å²) in [5, 5.41) is 0. The molecule has 0 unspecified atom stereocenters. The van der Waals surface area contributed by atoms with E-state index < -0.39 is 0 Å². The number of hydrogen-bond donors (Lipinski definition) is 0. The van der Waals surface area contributed by atoms with Gasteiger partial charge >= 0.3 is 0 Å². The highest BCUT2D eigenvalue weighted by Crippen LogP contribution is 2.17. The van der Waals surface area contributed by atoms with E-state index in [1.54, 1.807) is 18.3 Å². The van der Waals surface area contributed by atoms with E-state index in [4.69, 9.17) is 0 Å². The van der Waals surface area contributed by atoms with Gasteiger partial charge in [-0.05, 0) is 45.1 Å². The number of pyridine rings is 1. The summed E-state index contributed by atoms with van der Waals surface area (Å²) >= 11 is 3.28. The molecule has 2 aromatic rings. The standard InChI is InChI=1S/C16H16BrNO/c1-11(2)13-5-3-4-12(8-13)9-15(19)14-6-7-18-16(17)10-14/h3-8,10-11H,9H2,1-2H3. The van der Waals surface area contributed by atoms with Crippen LogP contribution in [0.5, 0.6) is 0 Å². The molecule has 2 rings (SSSR count). The van der Waals surface area contributed by atoms with Gasteiger partial charge in [0.2, 0.25) is 0 Å². The average Bonchev–Trinajstić information content (AvgIpc) is 2.39. The lowest BCUT2D eigenvalue weighted by atomic mass is 9.97. The quantitative estimate of drug-likeness (QED) is 0.618. The molecule has 1 aromatic carbocycles. The Kier molecular flexibility index (Phi) is 4.48. The Bertz CT molecular complexity index is 593. The van der Waals surface area contributed by atoms with Crippen molar-refractivity contribution in [3.05, 3.63) is 63.9 Å². The first kappa shape index (κ1) is 13.9. The molecule has 2 nitrogen and oxygen atoms in total. The van der Waals surface area contributed by atoms with Gasteiger partial charge in [-0.2, -0.15) is 0 Å². The maximum Gasteiger partial charge on any atom is 0.167 e. The van der Waals surface area contributed by atoms with Crippen molar-refractivity contribution < 1.29 is 4.79 Å². The van der Waals surface area contributed by atoms with Crippen molar-refractivity contribution in [3.63, 3.8) is 0 Å². The van der Waals surface area contributed by atoms with Gasteiger partial charge in [0.05, 0.1) is 0 Å². The predicted octanol–water partition coefficient (Wildman–Crippen LogP) is 4.39. The summed E-state index contributed by atoms with van der Waals surface area (Å²) in [4.78, 5) is 16.2. The molecule has 1 heterocycles. The summed E-state index contributed by atoms with van der Waals surface area (Å²) in [6, 6.07) is 11.7. The van der Waals surface area contributed by atoms with Crippen LogP contribution < -0.4 is 0 Å². The van der Waals surface area contributed by atoms with Crippen LogP contribution in [0.3, 0.4) is 0 Å². The van der Waals surface area contributed by atoms with Gasteiger partial charge in [0.15, 0.2) is 5.78 Å². The Balaban J connectivity index is 2.17. The highest BCUT2D eigenvalue weighted by molar-refractivity contribution is 9.10. The summed E-state index contributed by atoms with van der Waals surface area (Å²) in [6.45, 7) is 4.31. The number of carbonyl (C=O) groups excluding carboxylic acids is 1. The molecule has 98 valence electrons. The van der Waals surface area contributed by atoms with Gasteiger partial charge in [-0.25, -0.2) is 4.98 Å². The molecular weight excluding hydrogens is 302 g/mol. The molecule has 0 aliphatic heterocycles. The Morgan fingerprint density at radius 1 is 1.26 bits per heavy atom. The SMILES string of the molecule is CC(C)c1cccc(CC(=O)c2ccnc(Br)c2)c1. The lowest BCUT2D eigenvalue weighted by molar-refractivity contribution is 0.0993. The van der Waals surface area contributed by atoms with Crippen molar-refractivity contribution in [1.29, 1.82) is 0 Å². The number of ketones is 1. The highest BCUT2D eigenvalue weighted by Gasteiger charge is 2.09. The van der Waals surface area contributed by atoms with Gasteiger partial charge in [0.1, 0.15) is 4.60 Å². The molecule has 0 spiro atoms. The lowest BCUT2D eigenvalue weighted by Gasteiger charge is -2.08. The van der Waals surface area contributed by atoms with Crippen LogP contribution in [0.15, 0.2) is 47.2 Å². The van der Waals surface area contributed by atoms with E-state index in [1.807, 2.05) is 12.1 Å². The molecular formula is C16H16BrNO. The van der Waals surface area contributed by atoms with E-state index >= 15 is 0 Å². The Morgan fingerprint density at radius 3 is 2.74 bits per heavy atom. The molecule has 0 saturated heterocycles. The normalized spacial score (nSPS) is 10.7. The third-order valence-corrected chi connectivity index (χ3v) is 3.46. The molecule has 0 aliphatic rings. The van der Waals surface area contributed by atoms with E-state index in [0.29, 0.717) is 22.5 Å². The third-order valence-electron chi connectivity index (χ3n) is 3.03. The van der Waals surface area contributed by atoms with Gasteiger partial charge in [-0.3, -0.25) is 4.79 Å². The van der Waals surface area contributed by atoms with Crippen molar-refractivity contribution in [1.82, 2.24) is 4.98 Å². The number of rotatable bonds is 4. The van der Waals surface area contributed by atoms with Crippen molar-refractivity contribution in [3.8, 4) is 0 Å². The first-order valence-corrected chi connectivity index (χ1v) is 7.09. The molecule has 0 atom stereocenters. The first-order valence-electron chi connectivity index (χ1n) is 6.30. The monoisotopic (exact) mass is 317 g/mol. The van der Waals surface area contributed by atoms with E-state index in [-0.39, 0.29) is 5.78 Å². The fourth-order valence-electron chi connectivity index (χ4n) is 1.93. The highest BCUT2D eigenvalue weighted by atomic mass is 79.9. The molecule has 0 aliphatic carbocycles. The van der Waals surface area contributed by atoms with Gasteiger partial charge in [0, 0.05) is 18.2 Å². The summed E-state index contributed by atoms with van der Waals surface area (Å²) in [5.41, 5.74) is 3.02. The van der Waals surface area contributed by atoms with Crippen LogP contribution in [0, 0.1) is 0 Å². The largest absolute Gasteiger partial charge is 0.294 e. The molecule has 19 heavy (non-hydrogen) atoms. The molecule has 0 fully saturated rings. The number of Topliss-reactive ketones (excluding diaryl/α,β-unsaturated/α-hetero) is 1. The van der Waals surface area contributed by atoms with Crippen LogP contribution in [0.25, 0.3) is 0 Å². The second-order valence-electron chi connectivity index (χ2n) is 4.87. The average molecular weight is 318 g/mol. The van der Waals surface area contributed by atoms with Crippen molar-refractivity contribution in [2.24, 2.45) is 0 Å². The fourth-order valence-corrected chi connectivity index (χ4v) is 2.29. The van der Waals surface area contributed by atoms with Crippen molar-refractivity contribution in [2.45, 2.75) is 26.2 Å². The van der Waals surface area contributed by atoms with Crippen LogP contribution in [0.1, 0.15) is 41.3 Å². The smallest absolute Gasteiger partial charge is 0.167 e. The summed E-state index contributed by atoms with van der Waals surface area (Å²) in [7, 11) is 0. The van der Waals surface area contributed by atoms with Crippen molar-refractivity contribution in [2.75, 3.05) is 0 Å². The Labute approximate surface area is 122 Å². The maximum atomic E-state index is 12.2. The minimum Gasteiger partial charge on any atom is -0.294 e. The number of aromatic nitrogens is 1. The molecule has 3 heteroatoms. The zero-order valence-corrected chi connectivity index (χ0v) is 12.6. The number of hydrogen-bond acceptors (Lipinski definition) is 2. The Morgan fingerprint density at radius 2 is 2.05 bits per heavy atom. The molecule has 1 aromatic heterocycles. The van der Waals surface area contributed by atoms with Crippen LogP contribution >= 0.6 is 15.9 Å². The topological polar surface area (TPSA) is 30.0 Å². The first-order chi connectivity index (χ1) is 9.06. The molecule has 0 N–H and O–H groups in total.